The summed E-state index contributed by atoms with van der Waals surface area (Å²) in [5.41, 5.74) is 0.874. The van der Waals surface area contributed by atoms with E-state index in [-0.39, 0.29) is 18.5 Å². The maximum Gasteiger partial charge on any atom is 0.130 e. The van der Waals surface area contributed by atoms with Crippen molar-refractivity contribution in [1.29, 1.82) is 5.26 Å². The van der Waals surface area contributed by atoms with Crippen molar-refractivity contribution in [3.8, 4) is 6.07 Å². The van der Waals surface area contributed by atoms with Crippen LogP contribution in [-0.2, 0) is 11.3 Å². The Bertz CT molecular complexity index is 490. The molecule has 0 radical (unpaired) electrons. The minimum atomic E-state index is -0.354. The molecule has 1 fully saturated rings. The first kappa shape index (κ1) is 15.9. The zero-order valence-corrected chi connectivity index (χ0v) is 12.6. The molecule has 0 unspecified atom stereocenters. The van der Waals surface area contributed by atoms with Gasteiger partial charge in [0.05, 0.1) is 24.3 Å². The van der Waals surface area contributed by atoms with Crippen LogP contribution in [0.15, 0.2) is 18.2 Å². The van der Waals surface area contributed by atoms with Gasteiger partial charge in [0, 0.05) is 11.6 Å². The highest BCUT2D eigenvalue weighted by atomic mass is 19.1. The number of ether oxygens (including phenoxy) is 1. The molecule has 0 aliphatic heterocycles. The minimum Gasteiger partial charge on any atom is -0.373 e. The summed E-state index contributed by atoms with van der Waals surface area (Å²) in [7, 11) is 0. The molecule has 1 N–H and O–H groups in total. The summed E-state index contributed by atoms with van der Waals surface area (Å²) in [4.78, 5) is 0. The normalized spacial score (nSPS) is 22.0. The molecular formula is C17H23FN2O. The van der Waals surface area contributed by atoms with Gasteiger partial charge in [0.1, 0.15) is 5.82 Å². The fourth-order valence-electron chi connectivity index (χ4n) is 2.72. The second-order valence-corrected chi connectivity index (χ2v) is 5.66. The lowest BCUT2D eigenvalue weighted by Crippen LogP contribution is -2.35. The fourth-order valence-corrected chi connectivity index (χ4v) is 2.72. The number of hydrogen-bond acceptors (Lipinski definition) is 3. The average molecular weight is 290 g/mol. The first-order chi connectivity index (χ1) is 10.2. The lowest BCUT2D eigenvalue weighted by atomic mass is 9.93. The van der Waals surface area contributed by atoms with Gasteiger partial charge in [-0.15, -0.1) is 0 Å². The van der Waals surface area contributed by atoms with Crippen molar-refractivity contribution in [2.45, 2.75) is 57.8 Å². The maximum atomic E-state index is 13.8. The smallest absolute Gasteiger partial charge is 0.130 e. The molecule has 114 valence electrons. The summed E-state index contributed by atoms with van der Waals surface area (Å²) in [6.07, 6.45) is 5.69. The highest BCUT2D eigenvalue weighted by molar-refractivity contribution is 5.32. The number of halogens is 1. The summed E-state index contributed by atoms with van der Waals surface area (Å²) in [6.45, 7) is 3.54. The molecule has 3 nitrogen and oxygen atoms in total. The quantitative estimate of drug-likeness (QED) is 0.871. The first-order valence-electron chi connectivity index (χ1n) is 7.76. The Hall–Kier alpha value is -1.44. The summed E-state index contributed by atoms with van der Waals surface area (Å²) < 4.78 is 19.6. The molecule has 0 saturated heterocycles. The van der Waals surface area contributed by atoms with Crippen LogP contribution in [0.25, 0.3) is 0 Å². The molecule has 0 amide bonds. The van der Waals surface area contributed by atoms with Crippen LogP contribution in [0.5, 0.6) is 0 Å². The summed E-state index contributed by atoms with van der Waals surface area (Å²) in [5, 5.41) is 12.3. The average Bonchev–Trinajstić information content (AvgIpc) is 2.52. The van der Waals surface area contributed by atoms with Crippen LogP contribution in [0.1, 0.15) is 50.2 Å². The summed E-state index contributed by atoms with van der Waals surface area (Å²) in [5.74, 6) is -0.354. The number of benzene rings is 1. The Morgan fingerprint density at radius 2 is 2.10 bits per heavy atom. The summed E-state index contributed by atoms with van der Waals surface area (Å²) >= 11 is 0. The van der Waals surface area contributed by atoms with Crippen LogP contribution in [0, 0.1) is 17.1 Å². The van der Waals surface area contributed by atoms with Crippen LogP contribution in [0.4, 0.5) is 4.39 Å². The number of nitrogens with zero attached hydrogens (tertiary/aromatic N) is 1. The highest BCUT2D eigenvalue weighted by Crippen LogP contribution is 2.23. The lowest BCUT2D eigenvalue weighted by Gasteiger charge is -2.29. The van der Waals surface area contributed by atoms with E-state index in [1.54, 1.807) is 12.1 Å². The largest absolute Gasteiger partial charge is 0.373 e. The molecule has 1 aromatic rings. The molecule has 2 rings (SSSR count). The zero-order chi connectivity index (χ0) is 15.1. The first-order valence-corrected chi connectivity index (χ1v) is 7.76. The molecule has 21 heavy (non-hydrogen) atoms. The molecule has 1 aliphatic carbocycles. The van der Waals surface area contributed by atoms with Gasteiger partial charge in [-0.2, -0.15) is 5.26 Å². The summed E-state index contributed by atoms with van der Waals surface area (Å²) in [6, 6.07) is 7.08. The number of nitriles is 1. The van der Waals surface area contributed by atoms with Crippen LogP contribution in [-0.4, -0.2) is 18.7 Å². The Balaban J connectivity index is 1.76. The van der Waals surface area contributed by atoms with Crippen molar-refractivity contribution in [2.75, 3.05) is 6.54 Å². The minimum absolute atomic E-state index is 0.222. The van der Waals surface area contributed by atoms with Gasteiger partial charge in [0.2, 0.25) is 0 Å². The second kappa shape index (κ2) is 8.11. The van der Waals surface area contributed by atoms with Crippen molar-refractivity contribution < 1.29 is 9.13 Å². The molecule has 0 bridgehead atoms. The molecule has 0 spiro atoms. The Kier molecular flexibility index (Phi) is 6.16. The van der Waals surface area contributed by atoms with Gasteiger partial charge in [-0.1, -0.05) is 13.0 Å². The third kappa shape index (κ3) is 4.80. The Morgan fingerprint density at radius 3 is 2.71 bits per heavy atom. The van der Waals surface area contributed by atoms with Crippen LogP contribution < -0.4 is 5.32 Å². The van der Waals surface area contributed by atoms with E-state index in [9.17, 15) is 4.39 Å². The monoisotopic (exact) mass is 290 g/mol. The molecule has 0 aromatic heterocycles. The Labute approximate surface area is 126 Å². The van der Waals surface area contributed by atoms with Crippen LogP contribution >= 0.6 is 0 Å². The molecule has 0 heterocycles. The molecule has 4 heteroatoms. The van der Waals surface area contributed by atoms with Gasteiger partial charge in [-0.25, -0.2) is 4.39 Å². The zero-order valence-electron chi connectivity index (χ0n) is 12.6. The SMILES string of the molecule is CCCNC1CCC(OCc2ccc(C#N)cc2F)CC1. The fraction of sp³-hybridized carbons (Fsp3) is 0.588. The van der Waals surface area contributed by atoms with E-state index in [1.807, 2.05) is 6.07 Å². The van der Waals surface area contributed by atoms with E-state index in [4.69, 9.17) is 10.00 Å². The number of hydrogen-bond donors (Lipinski definition) is 1. The second-order valence-electron chi connectivity index (χ2n) is 5.66. The van der Waals surface area contributed by atoms with Crippen molar-refractivity contribution in [3.05, 3.63) is 35.1 Å². The highest BCUT2D eigenvalue weighted by Gasteiger charge is 2.21. The third-order valence-electron chi connectivity index (χ3n) is 4.01. The van der Waals surface area contributed by atoms with Crippen molar-refractivity contribution >= 4 is 0 Å². The van der Waals surface area contributed by atoms with Gasteiger partial charge in [-0.3, -0.25) is 0 Å². The van der Waals surface area contributed by atoms with Crippen molar-refractivity contribution in [1.82, 2.24) is 5.32 Å². The van der Waals surface area contributed by atoms with Gasteiger partial charge in [-0.05, 0) is 50.8 Å². The number of nitrogens with one attached hydrogen (secondary N) is 1. The van der Waals surface area contributed by atoms with Gasteiger partial charge in [0.25, 0.3) is 0 Å². The molecule has 1 saturated carbocycles. The van der Waals surface area contributed by atoms with Crippen molar-refractivity contribution in [2.24, 2.45) is 0 Å². The van der Waals surface area contributed by atoms with E-state index in [0.717, 1.165) is 38.6 Å². The van der Waals surface area contributed by atoms with Gasteiger partial charge < -0.3 is 10.1 Å². The van der Waals surface area contributed by atoms with Crippen LogP contribution in [0.3, 0.4) is 0 Å². The van der Waals surface area contributed by atoms with E-state index >= 15 is 0 Å². The molecule has 1 aliphatic rings. The van der Waals surface area contributed by atoms with E-state index in [0.29, 0.717) is 17.2 Å². The number of rotatable bonds is 6. The van der Waals surface area contributed by atoms with E-state index in [1.165, 1.54) is 6.07 Å². The standard InChI is InChI=1S/C17H23FN2O/c1-2-9-20-15-5-7-16(8-6-15)21-12-14-4-3-13(11-19)10-17(14)18/h3-4,10,15-16,20H,2,5-9,12H2,1H3. The molecule has 0 atom stereocenters. The van der Waals surface area contributed by atoms with E-state index < -0.39 is 0 Å². The molecular weight excluding hydrogens is 267 g/mol. The predicted octanol–water partition coefficient (Wildman–Crippen LogP) is 3.52. The molecule has 1 aromatic carbocycles. The lowest BCUT2D eigenvalue weighted by molar-refractivity contribution is 0.0102. The predicted molar refractivity (Wildman–Crippen MR) is 80.2 cm³/mol. The topological polar surface area (TPSA) is 45.0 Å². The maximum absolute atomic E-state index is 13.8. The van der Waals surface area contributed by atoms with Gasteiger partial charge in [0.15, 0.2) is 0 Å². The third-order valence-corrected chi connectivity index (χ3v) is 4.01. The Morgan fingerprint density at radius 1 is 1.33 bits per heavy atom. The van der Waals surface area contributed by atoms with E-state index in [2.05, 4.69) is 12.2 Å². The van der Waals surface area contributed by atoms with Gasteiger partial charge >= 0.3 is 0 Å². The van der Waals surface area contributed by atoms with Crippen molar-refractivity contribution in [3.63, 3.8) is 0 Å². The van der Waals surface area contributed by atoms with Crippen LogP contribution in [0.2, 0.25) is 0 Å².